The highest BCUT2D eigenvalue weighted by molar-refractivity contribution is 5.97. The van der Waals surface area contributed by atoms with Crippen LogP contribution in [0.1, 0.15) is 24.5 Å². The quantitative estimate of drug-likeness (QED) is 0.465. The molecule has 0 aliphatic rings. The van der Waals surface area contributed by atoms with Crippen molar-refractivity contribution in [1.29, 1.82) is 0 Å². The lowest BCUT2D eigenvalue weighted by atomic mass is 10.0. The van der Waals surface area contributed by atoms with Gasteiger partial charge in [0.15, 0.2) is 0 Å². The first kappa shape index (κ1) is 22.5. The average Bonchev–Trinajstić information content (AvgIpc) is 2.80. The second kappa shape index (κ2) is 10.8. The molecule has 0 aliphatic carbocycles. The molecule has 5 heteroatoms. The molecular weight excluding hydrogens is 388 g/mol. The second-order valence-corrected chi connectivity index (χ2v) is 8.01. The van der Waals surface area contributed by atoms with E-state index in [1.807, 2.05) is 36.4 Å². The van der Waals surface area contributed by atoms with E-state index in [0.29, 0.717) is 5.69 Å². The molecule has 0 fully saturated rings. The number of hydrogen-bond donors (Lipinski definition) is 3. The number of aryl methyl sites for hydroxylation is 1. The molecule has 3 aromatic rings. The van der Waals surface area contributed by atoms with E-state index in [9.17, 15) is 9.90 Å². The summed E-state index contributed by atoms with van der Waals surface area (Å²) >= 11 is 0. The predicted octanol–water partition coefficient (Wildman–Crippen LogP) is 3.96. The number of carbonyl (C=O) groups is 1. The standard InChI is InChI=1S/C26H30N2O3/c1-26(27,19-29)25(30)28-22-13-16-23(17-14-22)31-24(18-21-10-6-3-7-11-21)15-12-20-8-4-2-5-9-20/h2-11,13-14,16-17,24,29H,12,15,18-19,27H2,1H3,(H,28,30)/t24-,26?/m0/s1. The third kappa shape index (κ3) is 6.95. The van der Waals surface area contributed by atoms with E-state index in [4.69, 9.17) is 10.5 Å². The molecule has 0 radical (unpaired) electrons. The van der Waals surface area contributed by atoms with Crippen molar-refractivity contribution in [3.05, 3.63) is 96.1 Å². The van der Waals surface area contributed by atoms with Gasteiger partial charge in [-0.1, -0.05) is 60.7 Å². The minimum absolute atomic E-state index is 0.0183. The molecule has 3 rings (SSSR count). The summed E-state index contributed by atoms with van der Waals surface area (Å²) in [5.41, 5.74) is 7.57. The number of hydrogen-bond acceptors (Lipinski definition) is 4. The van der Waals surface area contributed by atoms with Crippen LogP contribution in [0.25, 0.3) is 0 Å². The molecule has 0 bridgehead atoms. The zero-order chi connectivity index (χ0) is 22.1. The van der Waals surface area contributed by atoms with E-state index in [2.05, 4.69) is 41.7 Å². The molecule has 0 aromatic heterocycles. The number of nitrogens with two attached hydrogens (primary N) is 1. The van der Waals surface area contributed by atoms with E-state index in [1.54, 1.807) is 12.1 Å². The molecule has 5 nitrogen and oxygen atoms in total. The normalized spacial score (nSPS) is 13.8. The van der Waals surface area contributed by atoms with Crippen LogP contribution in [0.3, 0.4) is 0 Å². The van der Waals surface area contributed by atoms with Crippen LogP contribution >= 0.6 is 0 Å². The Hall–Kier alpha value is -3.15. The largest absolute Gasteiger partial charge is 0.490 e. The maximum atomic E-state index is 12.1. The Kier molecular flexibility index (Phi) is 7.82. The minimum Gasteiger partial charge on any atom is -0.490 e. The van der Waals surface area contributed by atoms with E-state index in [-0.39, 0.29) is 6.10 Å². The Bertz CT molecular complexity index is 941. The molecular formula is C26H30N2O3. The number of aliphatic hydroxyl groups is 1. The molecule has 1 unspecified atom stereocenters. The molecule has 0 spiro atoms. The number of amides is 1. The van der Waals surface area contributed by atoms with Crippen molar-refractivity contribution < 1.29 is 14.6 Å². The summed E-state index contributed by atoms with van der Waals surface area (Å²) in [7, 11) is 0. The number of benzene rings is 3. The number of rotatable bonds is 10. The molecule has 1 amide bonds. The average molecular weight is 419 g/mol. The van der Waals surface area contributed by atoms with Gasteiger partial charge in [0.05, 0.1) is 6.61 Å². The van der Waals surface area contributed by atoms with Gasteiger partial charge in [0.1, 0.15) is 17.4 Å². The highest BCUT2D eigenvalue weighted by Crippen LogP contribution is 2.21. The Morgan fingerprint density at radius 3 is 2.13 bits per heavy atom. The van der Waals surface area contributed by atoms with Crippen molar-refractivity contribution in [2.45, 2.75) is 37.8 Å². The van der Waals surface area contributed by atoms with Gasteiger partial charge in [-0.2, -0.15) is 0 Å². The fourth-order valence-electron chi connectivity index (χ4n) is 3.21. The summed E-state index contributed by atoms with van der Waals surface area (Å²) in [5, 5.41) is 12.0. The number of anilines is 1. The number of aliphatic hydroxyl groups excluding tert-OH is 1. The van der Waals surface area contributed by atoms with E-state index < -0.39 is 18.1 Å². The van der Waals surface area contributed by atoms with Gasteiger partial charge in [0, 0.05) is 12.1 Å². The van der Waals surface area contributed by atoms with Crippen molar-refractivity contribution in [3.8, 4) is 5.75 Å². The van der Waals surface area contributed by atoms with Gasteiger partial charge in [-0.05, 0) is 55.2 Å². The summed E-state index contributed by atoms with van der Waals surface area (Å²) in [5.74, 6) is 0.304. The summed E-state index contributed by atoms with van der Waals surface area (Å²) in [6.45, 7) is 1.06. The molecule has 0 saturated carbocycles. The van der Waals surface area contributed by atoms with Crippen molar-refractivity contribution in [1.82, 2.24) is 0 Å². The zero-order valence-electron chi connectivity index (χ0n) is 17.8. The molecule has 3 aromatic carbocycles. The van der Waals surface area contributed by atoms with Crippen LogP contribution in [0.4, 0.5) is 5.69 Å². The zero-order valence-corrected chi connectivity index (χ0v) is 17.8. The summed E-state index contributed by atoms with van der Waals surface area (Å²) < 4.78 is 6.31. The molecule has 0 saturated heterocycles. The Morgan fingerprint density at radius 1 is 0.968 bits per heavy atom. The number of ether oxygens (including phenoxy) is 1. The van der Waals surface area contributed by atoms with E-state index >= 15 is 0 Å². The SMILES string of the molecule is CC(N)(CO)C(=O)Nc1ccc(O[C@@H](CCc2ccccc2)Cc2ccccc2)cc1. The van der Waals surface area contributed by atoms with E-state index in [0.717, 1.165) is 25.0 Å². The highest BCUT2D eigenvalue weighted by atomic mass is 16.5. The first-order valence-electron chi connectivity index (χ1n) is 10.5. The Labute approximate surface area is 183 Å². The summed E-state index contributed by atoms with van der Waals surface area (Å²) in [4.78, 5) is 12.1. The summed E-state index contributed by atoms with van der Waals surface area (Å²) in [6, 6.07) is 27.9. The number of carbonyl (C=O) groups excluding carboxylic acids is 1. The first-order chi connectivity index (χ1) is 15.0. The molecule has 0 heterocycles. The van der Waals surface area contributed by atoms with Crippen LogP contribution < -0.4 is 15.8 Å². The smallest absolute Gasteiger partial charge is 0.246 e. The fraction of sp³-hybridized carbons (Fsp3) is 0.269. The third-order valence-corrected chi connectivity index (χ3v) is 5.17. The van der Waals surface area contributed by atoms with Crippen molar-refractivity contribution in [2.24, 2.45) is 5.73 Å². The van der Waals surface area contributed by atoms with Gasteiger partial charge in [0.25, 0.3) is 0 Å². The molecule has 4 N–H and O–H groups in total. The van der Waals surface area contributed by atoms with Crippen LogP contribution in [-0.4, -0.2) is 29.3 Å². The molecule has 2 atom stereocenters. The van der Waals surface area contributed by atoms with Crippen molar-refractivity contribution in [3.63, 3.8) is 0 Å². The maximum absolute atomic E-state index is 12.1. The first-order valence-corrected chi connectivity index (χ1v) is 10.5. The second-order valence-electron chi connectivity index (χ2n) is 8.01. The highest BCUT2D eigenvalue weighted by Gasteiger charge is 2.27. The van der Waals surface area contributed by atoms with Gasteiger partial charge in [-0.3, -0.25) is 4.79 Å². The van der Waals surface area contributed by atoms with E-state index in [1.165, 1.54) is 18.1 Å². The lowest BCUT2D eigenvalue weighted by Crippen LogP contribution is -2.51. The monoisotopic (exact) mass is 418 g/mol. The van der Waals surface area contributed by atoms with Crippen LogP contribution in [0, 0.1) is 0 Å². The van der Waals surface area contributed by atoms with Crippen molar-refractivity contribution >= 4 is 11.6 Å². The van der Waals surface area contributed by atoms with Gasteiger partial charge in [0.2, 0.25) is 5.91 Å². The Morgan fingerprint density at radius 2 is 1.55 bits per heavy atom. The van der Waals surface area contributed by atoms with Crippen LogP contribution in [0.15, 0.2) is 84.9 Å². The fourth-order valence-corrected chi connectivity index (χ4v) is 3.21. The topological polar surface area (TPSA) is 84.6 Å². The molecule has 0 aliphatic heterocycles. The lowest BCUT2D eigenvalue weighted by Gasteiger charge is -2.21. The molecule has 31 heavy (non-hydrogen) atoms. The predicted molar refractivity (Wildman–Crippen MR) is 124 cm³/mol. The van der Waals surface area contributed by atoms with Crippen molar-refractivity contribution in [2.75, 3.05) is 11.9 Å². The maximum Gasteiger partial charge on any atom is 0.246 e. The van der Waals surface area contributed by atoms with Gasteiger partial charge in [-0.25, -0.2) is 0 Å². The Balaban J connectivity index is 1.65. The van der Waals surface area contributed by atoms with Gasteiger partial charge >= 0.3 is 0 Å². The van der Waals surface area contributed by atoms with Crippen LogP contribution in [0.2, 0.25) is 0 Å². The molecule has 162 valence electrons. The third-order valence-electron chi connectivity index (χ3n) is 5.17. The lowest BCUT2D eigenvalue weighted by molar-refractivity contribution is -0.121. The summed E-state index contributed by atoms with van der Waals surface area (Å²) in [6.07, 6.45) is 2.65. The van der Waals surface area contributed by atoms with Crippen LogP contribution in [-0.2, 0) is 17.6 Å². The number of nitrogens with one attached hydrogen (secondary N) is 1. The van der Waals surface area contributed by atoms with Crippen LogP contribution in [0.5, 0.6) is 5.75 Å². The van der Waals surface area contributed by atoms with Gasteiger partial charge < -0.3 is 20.9 Å². The van der Waals surface area contributed by atoms with Gasteiger partial charge in [-0.15, -0.1) is 0 Å². The minimum atomic E-state index is -1.33.